The summed E-state index contributed by atoms with van der Waals surface area (Å²) in [5.74, 6) is 0.381. The van der Waals surface area contributed by atoms with Crippen LogP contribution in [0.15, 0.2) is 18.2 Å². The lowest BCUT2D eigenvalue weighted by atomic mass is 10.2. The second-order valence-electron chi connectivity index (χ2n) is 3.44. The first-order valence-electron chi connectivity index (χ1n) is 5.46. The van der Waals surface area contributed by atoms with Gasteiger partial charge < -0.3 is 15.2 Å². The van der Waals surface area contributed by atoms with Gasteiger partial charge in [-0.05, 0) is 13.0 Å². The van der Waals surface area contributed by atoms with Crippen molar-refractivity contribution < 1.29 is 14.6 Å². The minimum absolute atomic E-state index is 0.0647. The Morgan fingerprint density at radius 3 is 2.94 bits per heavy atom. The number of hydrogen-bond acceptors (Lipinski definition) is 3. The molecule has 17 heavy (non-hydrogen) atoms. The molecule has 1 amide bonds. The van der Waals surface area contributed by atoms with Crippen molar-refractivity contribution in [2.75, 3.05) is 13.2 Å². The summed E-state index contributed by atoms with van der Waals surface area (Å²) in [6.07, 6.45) is 0.268. The summed E-state index contributed by atoms with van der Waals surface area (Å²) >= 11 is 5.95. The Labute approximate surface area is 106 Å². The van der Waals surface area contributed by atoms with Crippen molar-refractivity contribution in [1.29, 1.82) is 0 Å². The van der Waals surface area contributed by atoms with Gasteiger partial charge in [-0.15, -0.1) is 0 Å². The molecule has 0 saturated carbocycles. The molecule has 0 unspecified atom stereocenters. The second-order valence-corrected chi connectivity index (χ2v) is 3.85. The van der Waals surface area contributed by atoms with E-state index in [4.69, 9.17) is 21.4 Å². The average Bonchev–Trinajstić information content (AvgIpc) is 2.31. The van der Waals surface area contributed by atoms with Crippen LogP contribution in [0.1, 0.15) is 18.9 Å². The summed E-state index contributed by atoms with van der Waals surface area (Å²) in [5, 5.41) is 12.2. The van der Waals surface area contributed by atoms with Crippen molar-refractivity contribution in [2.45, 2.75) is 20.0 Å². The summed E-state index contributed by atoms with van der Waals surface area (Å²) in [4.78, 5) is 11.2. The summed E-state index contributed by atoms with van der Waals surface area (Å²) in [6, 6.07) is 5.15. The molecule has 0 aliphatic carbocycles. The molecule has 2 N–H and O–H groups in total. The van der Waals surface area contributed by atoms with E-state index in [1.54, 1.807) is 18.2 Å². The van der Waals surface area contributed by atoms with Gasteiger partial charge in [0.25, 0.3) is 0 Å². The predicted octanol–water partition coefficient (Wildman–Crippen LogP) is 1.74. The van der Waals surface area contributed by atoms with Gasteiger partial charge in [0.05, 0.1) is 24.7 Å². The number of halogens is 1. The zero-order valence-corrected chi connectivity index (χ0v) is 10.5. The molecule has 0 aromatic heterocycles. The van der Waals surface area contributed by atoms with E-state index in [1.807, 2.05) is 6.92 Å². The zero-order valence-electron chi connectivity index (χ0n) is 9.70. The van der Waals surface area contributed by atoms with Crippen LogP contribution < -0.4 is 10.1 Å². The van der Waals surface area contributed by atoms with E-state index in [0.29, 0.717) is 22.9 Å². The van der Waals surface area contributed by atoms with Crippen LogP contribution in [0.2, 0.25) is 5.02 Å². The molecular weight excluding hydrogens is 242 g/mol. The van der Waals surface area contributed by atoms with Gasteiger partial charge in [-0.1, -0.05) is 23.7 Å². The summed E-state index contributed by atoms with van der Waals surface area (Å²) < 4.78 is 5.42. The summed E-state index contributed by atoms with van der Waals surface area (Å²) in [6.45, 7) is 2.56. The second kappa shape index (κ2) is 7.14. The maximum Gasteiger partial charge on any atom is 0.223 e. The molecule has 4 nitrogen and oxygen atoms in total. The van der Waals surface area contributed by atoms with Crippen LogP contribution >= 0.6 is 11.6 Å². The Morgan fingerprint density at radius 1 is 1.53 bits per heavy atom. The molecule has 0 heterocycles. The van der Waals surface area contributed by atoms with Gasteiger partial charge in [-0.3, -0.25) is 4.79 Å². The Hall–Kier alpha value is -1.26. The number of para-hydroxylation sites is 1. The average molecular weight is 258 g/mol. The normalized spacial score (nSPS) is 10.1. The first kappa shape index (κ1) is 13.8. The molecule has 0 radical (unpaired) electrons. The van der Waals surface area contributed by atoms with Crippen molar-refractivity contribution in [1.82, 2.24) is 5.32 Å². The highest BCUT2D eigenvalue weighted by Gasteiger charge is 2.08. The molecule has 94 valence electrons. The number of rotatable bonds is 6. The van der Waals surface area contributed by atoms with Gasteiger partial charge in [-0.2, -0.15) is 0 Å². The lowest BCUT2D eigenvalue weighted by molar-refractivity contribution is -0.121. The fourth-order valence-electron chi connectivity index (χ4n) is 1.37. The minimum atomic E-state index is -0.142. The Balaban J connectivity index is 2.54. The molecule has 0 aliphatic rings. The first-order valence-corrected chi connectivity index (χ1v) is 5.84. The van der Waals surface area contributed by atoms with Crippen molar-refractivity contribution in [3.8, 4) is 5.75 Å². The predicted molar refractivity (Wildman–Crippen MR) is 66.2 cm³/mol. The third kappa shape index (κ3) is 4.24. The van der Waals surface area contributed by atoms with E-state index in [2.05, 4.69) is 5.32 Å². The topological polar surface area (TPSA) is 58.6 Å². The monoisotopic (exact) mass is 257 g/mol. The molecule has 0 aliphatic heterocycles. The number of carbonyl (C=O) groups excluding carboxylic acids is 1. The maximum atomic E-state index is 11.2. The highest BCUT2D eigenvalue weighted by atomic mass is 35.5. The zero-order chi connectivity index (χ0) is 12.7. The quantitative estimate of drug-likeness (QED) is 0.816. The lowest BCUT2D eigenvalue weighted by Crippen LogP contribution is -2.24. The number of amides is 1. The van der Waals surface area contributed by atoms with Gasteiger partial charge in [0, 0.05) is 12.1 Å². The number of benzene rings is 1. The van der Waals surface area contributed by atoms with Gasteiger partial charge in [-0.25, -0.2) is 0 Å². The van der Waals surface area contributed by atoms with E-state index in [1.165, 1.54) is 0 Å². The SMILES string of the molecule is CCNC(=O)CCOc1c(Cl)cccc1CO. The van der Waals surface area contributed by atoms with Gasteiger partial charge in [0.2, 0.25) is 5.91 Å². The molecule has 1 rings (SSSR count). The smallest absolute Gasteiger partial charge is 0.223 e. The number of aliphatic hydroxyl groups is 1. The van der Waals surface area contributed by atoms with E-state index in [0.717, 1.165) is 0 Å². The number of ether oxygens (including phenoxy) is 1. The molecular formula is C12H16ClNO3. The summed E-state index contributed by atoms with van der Waals surface area (Å²) in [7, 11) is 0. The van der Waals surface area contributed by atoms with Crippen LogP contribution in [0.5, 0.6) is 5.75 Å². The van der Waals surface area contributed by atoms with E-state index in [-0.39, 0.29) is 25.5 Å². The van der Waals surface area contributed by atoms with Crippen molar-refractivity contribution >= 4 is 17.5 Å². The molecule has 0 spiro atoms. The summed E-state index contributed by atoms with van der Waals surface area (Å²) in [5.41, 5.74) is 0.619. The van der Waals surface area contributed by atoms with Crippen molar-refractivity contribution in [3.63, 3.8) is 0 Å². The Kier molecular flexibility index (Phi) is 5.80. The standard InChI is InChI=1S/C12H16ClNO3/c1-2-14-11(16)6-7-17-12-9(8-15)4-3-5-10(12)13/h3-5,15H,2,6-8H2,1H3,(H,14,16). The van der Waals surface area contributed by atoms with Crippen LogP contribution in [0.4, 0.5) is 0 Å². The van der Waals surface area contributed by atoms with Crippen LogP contribution in [0.3, 0.4) is 0 Å². The van der Waals surface area contributed by atoms with E-state index in [9.17, 15) is 4.79 Å². The molecule has 1 aromatic carbocycles. The molecule has 5 heteroatoms. The lowest BCUT2D eigenvalue weighted by Gasteiger charge is -2.11. The van der Waals surface area contributed by atoms with Gasteiger partial charge in [0.15, 0.2) is 0 Å². The van der Waals surface area contributed by atoms with Gasteiger partial charge >= 0.3 is 0 Å². The highest BCUT2D eigenvalue weighted by Crippen LogP contribution is 2.28. The number of carbonyl (C=O) groups is 1. The molecule has 0 fully saturated rings. The molecule has 0 atom stereocenters. The van der Waals surface area contributed by atoms with E-state index >= 15 is 0 Å². The van der Waals surface area contributed by atoms with Crippen LogP contribution in [0.25, 0.3) is 0 Å². The van der Waals surface area contributed by atoms with Crippen molar-refractivity contribution in [2.24, 2.45) is 0 Å². The minimum Gasteiger partial charge on any atom is -0.491 e. The van der Waals surface area contributed by atoms with E-state index < -0.39 is 0 Å². The fourth-order valence-corrected chi connectivity index (χ4v) is 1.62. The number of nitrogens with one attached hydrogen (secondary N) is 1. The molecule has 0 bridgehead atoms. The number of hydrogen-bond donors (Lipinski definition) is 2. The van der Waals surface area contributed by atoms with Gasteiger partial charge in [0.1, 0.15) is 5.75 Å². The highest BCUT2D eigenvalue weighted by molar-refractivity contribution is 6.32. The molecule has 1 aromatic rings. The van der Waals surface area contributed by atoms with Crippen LogP contribution in [-0.4, -0.2) is 24.2 Å². The first-order chi connectivity index (χ1) is 8.19. The van der Waals surface area contributed by atoms with Crippen molar-refractivity contribution in [3.05, 3.63) is 28.8 Å². The third-order valence-electron chi connectivity index (χ3n) is 2.17. The Morgan fingerprint density at radius 2 is 2.29 bits per heavy atom. The third-order valence-corrected chi connectivity index (χ3v) is 2.47. The van der Waals surface area contributed by atoms with Crippen LogP contribution in [-0.2, 0) is 11.4 Å². The number of aliphatic hydroxyl groups excluding tert-OH is 1. The largest absolute Gasteiger partial charge is 0.491 e. The fraction of sp³-hybridized carbons (Fsp3) is 0.417. The molecule has 0 saturated heterocycles. The Bertz CT molecular complexity index is 382. The maximum absolute atomic E-state index is 11.2. The van der Waals surface area contributed by atoms with Crippen LogP contribution in [0, 0.1) is 0 Å².